The van der Waals surface area contributed by atoms with Gasteiger partial charge in [-0.15, -0.1) is 0 Å². The number of esters is 2. The highest BCUT2D eigenvalue weighted by molar-refractivity contribution is 6.51. The monoisotopic (exact) mass is 476 g/mol. The second-order valence-corrected chi connectivity index (χ2v) is 7.15. The molecule has 0 unspecified atom stereocenters. The molecule has 0 spiro atoms. The molecule has 3 rings (SSSR count). The van der Waals surface area contributed by atoms with Gasteiger partial charge in [0.15, 0.2) is 11.5 Å². The predicted molar refractivity (Wildman–Crippen MR) is 121 cm³/mol. The van der Waals surface area contributed by atoms with Crippen molar-refractivity contribution < 1.29 is 38.1 Å². The second-order valence-electron chi connectivity index (χ2n) is 7.15. The first-order valence-corrected chi connectivity index (χ1v) is 10.1. The lowest BCUT2D eigenvalue weighted by Crippen LogP contribution is -2.54. The minimum atomic E-state index is -2.35. The molecule has 0 radical (unpaired) electrons. The molecule has 0 N–H and O–H groups in total. The normalized spacial score (nSPS) is 17.1. The van der Waals surface area contributed by atoms with E-state index in [1.807, 2.05) is 0 Å². The maximum absolute atomic E-state index is 14.3. The van der Waals surface area contributed by atoms with E-state index in [4.69, 9.17) is 18.9 Å². The molecule has 0 fully saturated rings. The minimum absolute atomic E-state index is 0.0336. The van der Waals surface area contributed by atoms with Crippen LogP contribution in [0.25, 0.3) is 0 Å². The summed E-state index contributed by atoms with van der Waals surface area (Å²) < 4.78 is 20.0. The topological polar surface area (TPSA) is 141 Å². The van der Waals surface area contributed by atoms with Crippen LogP contribution in [0.4, 0.5) is 0 Å². The van der Waals surface area contributed by atoms with Crippen LogP contribution in [0.3, 0.4) is 0 Å². The SMILES string of the molecule is COC(=O)C1=NC(=O)C(C#N)=C(C(=O)OC)[C@@]1(C(=O)c1ccc(OC)cc1)c1ccc(OC)cc1. The molecular formula is C25H20N2O8. The van der Waals surface area contributed by atoms with E-state index in [0.717, 1.165) is 14.2 Å². The average molecular weight is 476 g/mol. The lowest BCUT2D eigenvalue weighted by molar-refractivity contribution is -0.137. The minimum Gasteiger partial charge on any atom is -0.497 e. The summed E-state index contributed by atoms with van der Waals surface area (Å²) in [4.78, 5) is 56.8. The van der Waals surface area contributed by atoms with Crippen LogP contribution >= 0.6 is 0 Å². The molecule has 0 aromatic heterocycles. The Morgan fingerprint density at radius 1 is 0.829 bits per heavy atom. The standard InChI is InChI=1S/C25H20N2O8/c1-32-16-9-5-14(6-10-16)21(28)25(15-7-11-17(33-2)12-8-15)19(23(30)34-3)18(13-26)22(29)27-20(25)24(31)35-4/h5-12H,1-4H3/t25-/m0/s1. The number of nitrogens with zero attached hydrogens (tertiary/aromatic N) is 2. The van der Waals surface area contributed by atoms with Gasteiger partial charge in [0.25, 0.3) is 5.91 Å². The molecule has 2 aromatic rings. The van der Waals surface area contributed by atoms with Gasteiger partial charge in [0.1, 0.15) is 28.6 Å². The average Bonchev–Trinajstić information content (AvgIpc) is 2.91. The summed E-state index contributed by atoms with van der Waals surface area (Å²) in [7, 11) is 4.94. The van der Waals surface area contributed by atoms with Crippen molar-refractivity contribution >= 4 is 29.3 Å². The van der Waals surface area contributed by atoms with Crippen LogP contribution < -0.4 is 9.47 Å². The van der Waals surface area contributed by atoms with E-state index in [1.165, 1.54) is 62.8 Å². The van der Waals surface area contributed by atoms with Crippen molar-refractivity contribution in [1.29, 1.82) is 5.26 Å². The number of methoxy groups -OCH3 is 4. The van der Waals surface area contributed by atoms with Crippen molar-refractivity contribution in [2.75, 3.05) is 28.4 Å². The van der Waals surface area contributed by atoms with Gasteiger partial charge in [-0.05, 0) is 42.0 Å². The molecule has 0 bridgehead atoms. The van der Waals surface area contributed by atoms with Crippen LogP contribution in [-0.2, 0) is 29.3 Å². The number of nitriles is 1. The summed E-state index contributed by atoms with van der Waals surface area (Å²) in [6.45, 7) is 0. The Morgan fingerprint density at radius 3 is 1.80 bits per heavy atom. The Hall–Kier alpha value is -4.78. The van der Waals surface area contributed by atoms with Crippen molar-refractivity contribution in [3.05, 3.63) is 70.8 Å². The van der Waals surface area contributed by atoms with Crippen molar-refractivity contribution in [3.8, 4) is 17.6 Å². The Kier molecular flexibility index (Phi) is 7.11. The molecule has 0 saturated heterocycles. The third kappa shape index (κ3) is 4.04. The Bertz CT molecular complexity index is 1300. The van der Waals surface area contributed by atoms with Gasteiger partial charge in [0.2, 0.25) is 0 Å². The molecule has 1 aliphatic heterocycles. The maximum Gasteiger partial charge on any atom is 0.354 e. The van der Waals surface area contributed by atoms with Gasteiger partial charge >= 0.3 is 11.9 Å². The second kappa shape index (κ2) is 10.0. The highest BCUT2D eigenvalue weighted by Gasteiger charge is 2.58. The van der Waals surface area contributed by atoms with Gasteiger partial charge in [0, 0.05) is 5.56 Å². The molecule has 178 valence electrons. The number of benzene rings is 2. The Balaban J connectivity index is 2.52. The Labute approximate surface area is 200 Å². The fraction of sp³-hybridized carbons (Fsp3) is 0.200. The van der Waals surface area contributed by atoms with Crippen molar-refractivity contribution in [2.24, 2.45) is 4.99 Å². The number of hydrogen-bond acceptors (Lipinski definition) is 9. The van der Waals surface area contributed by atoms with Crippen LogP contribution in [0.2, 0.25) is 0 Å². The van der Waals surface area contributed by atoms with Gasteiger partial charge in [0.05, 0.1) is 34.0 Å². The van der Waals surface area contributed by atoms with E-state index in [0.29, 0.717) is 11.5 Å². The number of dihydropyridines is 1. The quantitative estimate of drug-likeness (QED) is 0.433. The molecule has 10 heteroatoms. The summed E-state index contributed by atoms with van der Waals surface area (Å²) in [5, 5.41) is 9.77. The van der Waals surface area contributed by atoms with Gasteiger partial charge in [-0.2, -0.15) is 5.26 Å². The van der Waals surface area contributed by atoms with E-state index in [2.05, 4.69) is 4.99 Å². The molecule has 0 saturated carbocycles. The molecule has 2 aromatic carbocycles. The highest BCUT2D eigenvalue weighted by atomic mass is 16.5. The number of hydrogen-bond donors (Lipinski definition) is 0. The summed E-state index contributed by atoms with van der Waals surface area (Å²) in [5.74, 6) is -3.45. The Morgan fingerprint density at radius 2 is 1.34 bits per heavy atom. The van der Waals surface area contributed by atoms with E-state index in [1.54, 1.807) is 6.07 Å². The first-order chi connectivity index (χ1) is 16.8. The smallest absolute Gasteiger partial charge is 0.354 e. The number of aliphatic imine (C=N–C) groups is 1. The number of carbonyl (C=O) groups is 4. The molecule has 0 aliphatic carbocycles. The number of ether oxygens (including phenoxy) is 4. The molecule has 1 atom stereocenters. The molecule has 10 nitrogen and oxygen atoms in total. The summed E-state index contributed by atoms with van der Waals surface area (Å²) >= 11 is 0. The van der Waals surface area contributed by atoms with E-state index >= 15 is 0 Å². The van der Waals surface area contributed by atoms with Crippen LogP contribution in [0.1, 0.15) is 15.9 Å². The highest BCUT2D eigenvalue weighted by Crippen LogP contribution is 2.43. The van der Waals surface area contributed by atoms with Crippen LogP contribution in [0.15, 0.2) is 64.7 Å². The third-order valence-corrected chi connectivity index (χ3v) is 5.50. The van der Waals surface area contributed by atoms with E-state index < -0.39 is 45.9 Å². The molecule has 1 amide bonds. The van der Waals surface area contributed by atoms with Crippen LogP contribution in [-0.4, -0.2) is 57.8 Å². The fourth-order valence-electron chi connectivity index (χ4n) is 3.84. The molecular weight excluding hydrogens is 456 g/mol. The van der Waals surface area contributed by atoms with Gasteiger partial charge in [-0.1, -0.05) is 12.1 Å². The summed E-state index contributed by atoms with van der Waals surface area (Å²) in [5.41, 5.74) is -4.32. The number of rotatable bonds is 7. The lowest BCUT2D eigenvalue weighted by Gasteiger charge is -2.36. The predicted octanol–water partition coefficient (Wildman–Crippen LogP) is 1.97. The van der Waals surface area contributed by atoms with Crippen molar-refractivity contribution in [3.63, 3.8) is 0 Å². The number of Topliss-reactive ketones (excluding diaryl/α,β-unsaturated/α-hetero) is 1. The van der Waals surface area contributed by atoms with Gasteiger partial charge in [-0.3, -0.25) is 9.59 Å². The lowest BCUT2D eigenvalue weighted by atomic mass is 9.63. The largest absolute Gasteiger partial charge is 0.497 e. The first kappa shape index (κ1) is 24.9. The van der Waals surface area contributed by atoms with Crippen molar-refractivity contribution in [2.45, 2.75) is 5.41 Å². The maximum atomic E-state index is 14.3. The molecule has 1 heterocycles. The van der Waals surface area contributed by atoms with E-state index in [-0.39, 0.29) is 11.1 Å². The summed E-state index contributed by atoms with van der Waals surface area (Å²) in [6.07, 6.45) is 0. The zero-order valence-electron chi connectivity index (χ0n) is 19.3. The van der Waals surface area contributed by atoms with Crippen molar-refractivity contribution in [1.82, 2.24) is 0 Å². The van der Waals surface area contributed by atoms with Gasteiger partial charge in [-0.25, -0.2) is 14.6 Å². The zero-order valence-corrected chi connectivity index (χ0v) is 19.3. The molecule has 1 aliphatic rings. The van der Waals surface area contributed by atoms with Crippen LogP contribution in [0.5, 0.6) is 11.5 Å². The van der Waals surface area contributed by atoms with Gasteiger partial charge < -0.3 is 18.9 Å². The van der Waals surface area contributed by atoms with E-state index in [9.17, 15) is 24.4 Å². The number of carbonyl (C=O) groups excluding carboxylic acids is 4. The molecule has 35 heavy (non-hydrogen) atoms. The first-order valence-electron chi connectivity index (χ1n) is 10.1. The number of ketones is 1. The zero-order chi connectivity index (χ0) is 25.8. The number of amides is 1. The summed E-state index contributed by atoms with van der Waals surface area (Å²) in [6, 6.07) is 13.3. The fourth-order valence-corrected chi connectivity index (χ4v) is 3.84. The third-order valence-electron chi connectivity index (χ3n) is 5.50. The van der Waals surface area contributed by atoms with Crippen LogP contribution in [0, 0.1) is 11.3 Å².